The second-order valence-corrected chi connectivity index (χ2v) is 3.96. The van der Waals surface area contributed by atoms with Crippen LogP contribution in [0, 0.1) is 6.92 Å². The molecule has 0 aliphatic heterocycles. The fourth-order valence-corrected chi connectivity index (χ4v) is 1.93. The highest BCUT2D eigenvalue weighted by molar-refractivity contribution is 5.71. The van der Waals surface area contributed by atoms with E-state index in [4.69, 9.17) is 11.5 Å². The molecule has 4 N–H and O–H groups in total. The summed E-state index contributed by atoms with van der Waals surface area (Å²) in [6.45, 7) is 4.08. The van der Waals surface area contributed by atoms with Crippen molar-refractivity contribution in [1.29, 1.82) is 0 Å². The molecule has 4 heteroatoms. The molecule has 1 aromatic carbocycles. The van der Waals surface area contributed by atoms with Crippen LogP contribution in [0.2, 0.25) is 0 Å². The predicted molar refractivity (Wildman–Crippen MR) is 70.4 cm³/mol. The van der Waals surface area contributed by atoms with Gasteiger partial charge in [-0.05, 0) is 18.9 Å². The quantitative estimate of drug-likeness (QED) is 0.825. The van der Waals surface area contributed by atoms with Crippen molar-refractivity contribution < 1.29 is 0 Å². The molecule has 4 nitrogen and oxygen atoms in total. The zero-order chi connectivity index (χ0) is 12.4. The third kappa shape index (κ3) is 2.06. The molecule has 0 amide bonds. The molecule has 0 radical (unpaired) electrons. The van der Waals surface area contributed by atoms with Gasteiger partial charge in [-0.1, -0.05) is 31.2 Å². The molecule has 0 fully saturated rings. The number of nitrogens with two attached hydrogens (primary N) is 2. The molecular formula is C13H16N4. The van der Waals surface area contributed by atoms with E-state index in [1.807, 2.05) is 38.1 Å². The first-order valence-electron chi connectivity index (χ1n) is 5.61. The Kier molecular flexibility index (Phi) is 2.95. The van der Waals surface area contributed by atoms with E-state index >= 15 is 0 Å². The van der Waals surface area contributed by atoms with Crippen LogP contribution in [0.25, 0.3) is 11.3 Å². The zero-order valence-corrected chi connectivity index (χ0v) is 10.1. The number of rotatable bonds is 2. The molecule has 1 aromatic heterocycles. The Morgan fingerprint density at radius 1 is 1.12 bits per heavy atom. The van der Waals surface area contributed by atoms with Crippen molar-refractivity contribution in [2.75, 3.05) is 11.5 Å². The van der Waals surface area contributed by atoms with Crippen LogP contribution in [0.3, 0.4) is 0 Å². The molecule has 0 unspecified atom stereocenters. The van der Waals surface area contributed by atoms with Crippen LogP contribution in [0.15, 0.2) is 24.3 Å². The van der Waals surface area contributed by atoms with Crippen LogP contribution in [-0.4, -0.2) is 9.97 Å². The predicted octanol–water partition coefficient (Wildman–Crippen LogP) is 2.18. The Bertz CT molecular complexity index is 549. The highest BCUT2D eigenvalue weighted by Gasteiger charge is 2.12. The van der Waals surface area contributed by atoms with Crippen LogP contribution in [0.4, 0.5) is 11.8 Å². The van der Waals surface area contributed by atoms with E-state index in [0.29, 0.717) is 5.82 Å². The minimum atomic E-state index is 0.220. The van der Waals surface area contributed by atoms with Crippen LogP contribution < -0.4 is 11.5 Å². The van der Waals surface area contributed by atoms with Gasteiger partial charge in [-0.2, -0.15) is 4.98 Å². The highest BCUT2D eigenvalue weighted by atomic mass is 15.0. The molecule has 0 bridgehead atoms. The van der Waals surface area contributed by atoms with Gasteiger partial charge in [0.2, 0.25) is 5.95 Å². The summed E-state index contributed by atoms with van der Waals surface area (Å²) in [5.74, 6) is 0.691. The van der Waals surface area contributed by atoms with Gasteiger partial charge >= 0.3 is 0 Å². The molecule has 17 heavy (non-hydrogen) atoms. The highest BCUT2D eigenvalue weighted by Crippen LogP contribution is 2.28. The van der Waals surface area contributed by atoms with Crippen molar-refractivity contribution in [2.45, 2.75) is 20.3 Å². The van der Waals surface area contributed by atoms with Gasteiger partial charge < -0.3 is 11.5 Å². The molecule has 0 saturated heterocycles. The zero-order valence-electron chi connectivity index (χ0n) is 10.1. The molecule has 0 aliphatic rings. The first kappa shape index (κ1) is 11.4. The molecule has 2 rings (SSSR count). The fraction of sp³-hybridized carbons (Fsp3) is 0.231. The summed E-state index contributed by atoms with van der Waals surface area (Å²) in [6.07, 6.45) is 0.787. The Morgan fingerprint density at radius 3 is 2.47 bits per heavy atom. The van der Waals surface area contributed by atoms with E-state index in [1.165, 1.54) is 0 Å². The van der Waals surface area contributed by atoms with Crippen LogP contribution >= 0.6 is 0 Å². The Morgan fingerprint density at radius 2 is 1.82 bits per heavy atom. The van der Waals surface area contributed by atoms with Crippen molar-refractivity contribution >= 4 is 11.8 Å². The minimum absolute atomic E-state index is 0.220. The molecule has 2 aromatic rings. The smallest absolute Gasteiger partial charge is 0.222 e. The summed E-state index contributed by atoms with van der Waals surface area (Å²) in [7, 11) is 0. The third-order valence-corrected chi connectivity index (χ3v) is 2.81. The maximum atomic E-state index is 5.89. The van der Waals surface area contributed by atoms with Gasteiger partial charge in [-0.15, -0.1) is 0 Å². The molecule has 0 atom stereocenters. The molecule has 0 saturated carbocycles. The van der Waals surface area contributed by atoms with Crippen molar-refractivity contribution in [3.8, 4) is 11.3 Å². The number of benzene rings is 1. The third-order valence-electron chi connectivity index (χ3n) is 2.81. The standard InChI is InChI=1S/C13H16N4/c1-3-9-11(16-13(15)17-12(9)14)10-7-5-4-6-8(10)2/h4-7H,3H2,1-2H3,(H4,14,15,16,17). The lowest BCUT2D eigenvalue weighted by atomic mass is 10.0. The van der Waals surface area contributed by atoms with Gasteiger partial charge in [0.25, 0.3) is 0 Å². The van der Waals surface area contributed by atoms with E-state index in [9.17, 15) is 0 Å². The maximum absolute atomic E-state index is 5.89. The maximum Gasteiger partial charge on any atom is 0.222 e. The van der Waals surface area contributed by atoms with Crippen LogP contribution in [0.5, 0.6) is 0 Å². The van der Waals surface area contributed by atoms with Gasteiger partial charge in [-0.3, -0.25) is 0 Å². The summed E-state index contributed by atoms with van der Waals surface area (Å²) in [5, 5.41) is 0. The average Bonchev–Trinajstić information content (AvgIpc) is 2.28. The second-order valence-electron chi connectivity index (χ2n) is 3.96. The van der Waals surface area contributed by atoms with E-state index in [1.54, 1.807) is 0 Å². The Balaban J connectivity index is 2.70. The molecular weight excluding hydrogens is 212 g/mol. The number of hydrogen-bond donors (Lipinski definition) is 2. The van der Waals surface area contributed by atoms with Crippen molar-refractivity contribution in [3.05, 3.63) is 35.4 Å². The topological polar surface area (TPSA) is 77.8 Å². The number of anilines is 2. The summed E-state index contributed by atoms with van der Waals surface area (Å²) in [5.41, 5.74) is 15.6. The minimum Gasteiger partial charge on any atom is -0.383 e. The number of aromatic nitrogens is 2. The molecule has 0 aliphatic carbocycles. The fourth-order valence-electron chi connectivity index (χ4n) is 1.93. The first-order valence-corrected chi connectivity index (χ1v) is 5.61. The monoisotopic (exact) mass is 228 g/mol. The average molecular weight is 228 g/mol. The lowest BCUT2D eigenvalue weighted by Gasteiger charge is -2.12. The summed E-state index contributed by atoms with van der Waals surface area (Å²) in [4.78, 5) is 8.33. The second kappa shape index (κ2) is 4.41. The SMILES string of the molecule is CCc1c(N)nc(N)nc1-c1ccccc1C. The largest absolute Gasteiger partial charge is 0.383 e. The van der Waals surface area contributed by atoms with E-state index in [2.05, 4.69) is 9.97 Å². The van der Waals surface area contributed by atoms with Gasteiger partial charge in [-0.25, -0.2) is 4.98 Å². The van der Waals surface area contributed by atoms with E-state index in [-0.39, 0.29) is 5.95 Å². The van der Waals surface area contributed by atoms with Gasteiger partial charge in [0.15, 0.2) is 0 Å². The van der Waals surface area contributed by atoms with Gasteiger partial charge in [0.05, 0.1) is 5.69 Å². The number of nitrogen functional groups attached to an aromatic ring is 2. The molecule has 0 spiro atoms. The van der Waals surface area contributed by atoms with Crippen molar-refractivity contribution in [2.24, 2.45) is 0 Å². The summed E-state index contributed by atoms with van der Waals surface area (Å²) in [6, 6.07) is 8.05. The van der Waals surface area contributed by atoms with E-state index in [0.717, 1.165) is 28.8 Å². The van der Waals surface area contributed by atoms with E-state index < -0.39 is 0 Å². The van der Waals surface area contributed by atoms with Gasteiger partial charge in [0.1, 0.15) is 5.82 Å². The summed E-state index contributed by atoms with van der Waals surface area (Å²) >= 11 is 0. The lowest BCUT2D eigenvalue weighted by molar-refractivity contribution is 1.07. The van der Waals surface area contributed by atoms with Crippen molar-refractivity contribution in [3.63, 3.8) is 0 Å². The Hall–Kier alpha value is -2.10. The molecule has 1 heterocycles. The van der Waals surface area contributed by atoms with Crippen LogP contribution in [0.1, 0.15) is 18.1 Å². The lowest BCUT2D eigenvalue weighted by Crippen LogP contribution is -2.06. The Labute approximate surface area is 101 Å². The number of hydrogen-bond acceptors (Lipinski definition) is 4. The molecule has 88 valence electrons. The normalized spacial score (nSPS) is 10.5. The number of nitrogens with zero attached hydrogens (tertiary/aromatic N) is 2. The van der Waals surface area contributed by atoms with Crippen LogP contribution in [-0.2, 0) is 6.42 Å². The van der Waals surface area contributed by atoms with Crippen molar-refractivity contribution in [1.82, 2.24) is 9.97 Å². The summed E-state index contributed by atoms with van der Waals surface area (Å²) < 4.78 is 0. The first-order chi connectivity index (χ1) is 8.13. The van der Waals surface area contributed by atoms with Gasteiger partial charge in [0, 0.05) is 11.1 Å². The number of aryl methyl sites for hydroxylation is 1.